The Morgan fingerprint density at radius 1 is 1.45 bits per heavy atom. The number of aryl methyl sites for hydroxylation is 1. The summed E-state index contributed by atoms with van der Waals surface area (Å²) in [5.41, 5.74) is 0. The number of aromatic nitrogens is 1. The smallest absolute Gasteiger partial charge is 0.306 e. The van der Waals surface area contributed by atoms with Crippen LogP contribution in [0.4, 0.5) is 0 Å². The Hall–Kier alpha value is -1.43. The fourth-order valence-electron chi connectivity index (χ4n) is 2.63. The molecule has 20 heavy (non-hydrogen) atoms. The molecule has 6 heteroatoms. The Morgan fingerprint density at radius 2 is 2.15 bits per heavy atom. The molecule has 5 nitrogen and oxygen atoms in total. The second-order valence-corrected chi connectivity index (χ2v) is 6.74. The lowest BCUT2D eigenvalue weighted by molar-refractivity contribution is -0.141. The zero-order valence-electron chi connectivity index (χ0n) is 11.8. The van der Waals surface area contributed by atoms with Gasteiger partial charge in [0.2, 0.25) is 5.91 Å². The first kappa shape index (κ1) is 15.0. The molecule has 1 aromatic rings. The first-order chi connectivity index (χ1) is 9.47. The van der Waals surface area contributed by atoms with Crippen molar-refractivity contribution < 1.29 is 14.7 Å². The van der Waals surface area contributed by atoms with E-state index >= 15 is 0 Å². The summed E-state index contributed by atoms with van der Waals surface area (Å²) < 4.78 is 0. The third-order valence-electron chi connectivity index (χ3n) is 3.84. The Balaban J connectivity index is 1.82. The first-order valence-electron chi connectivity index (χ1n) is 6.86. The molecule has 0 bridgehead atoms. The molecular formula is C14H20N2O3S. The van der Waals surface area contributed by atoms with Crippen LogP contribution >= 0.6 is 11.3 Å². The van der Waals surface area contributed by atoms with Gasteiger partial charge in [0.05, 0.1) is 10.9 Å². The highest BCUT2D eigenvalue weighted by atomic mass is 32.1. The number of hydrogen-bond donors (Lipinski definition) is 1. The normalized spacial score (nSPS) is 21.9. The molecular weight excluding hydrogens is 276 g/mol. The predicted molar refractivity (Wildman–Crippen MR) is 76.7 cm³/mol. The van der Waals surface area contributed by atoms with Gasteiger partial charge in [-0.05, 0) is 26.2 Å². The lowest BCUT2D eigenvalue weighted by Gasteiger charge is -2.20. The molecule has 2 atom stereocenters. The van der Waals surface area contributed by atoms with Crippen molar-refractivity contribution in [2.75, 3.05) is 13.6 Å². The van der Waals surface area contributed by atoms with E-state index in [2.05, 4.69) is 4.98 Å². The van der Waals surface area contributed by atoms with E-state index in [0.717, 1.165) is 11.4 Å². The van der Waals surface area contributed by atoms with Gasteiger partial charge >= 0.3 is 5.97 Å². The molecule has 1 aliphatic rings. The maximum Gasteiger partial charge on any atom is 0.306 e. The molecule has 0 aromatic carbocycles. The molecule has 1 fully saturated rings. The molecule has 2 rings (SSSR count). The fourth-order valence-corrected chi connectivity index (χ4v) is 3.41. The number of carbonyl (C=O) groups excluding carboxylic acids is 1. The average Bonchev–Trinajstić information content (AvgIpc) is 3.03. The number of rotatable bonds is 5. The highest BCUT2D eigenvalue weighted by Gasteiger charge is 2.34. The largest absolute Gasteiger partial charge is 0.481 e. The Morgan fingerprint density at radius 3 is 2.70 bits per heavy atom. The van der Waals surface area contributed by atoms with Crippen molar-refractivity contribution in [1.82, 2.24) is 9.88 Å². The number of amides is 1. The molecule has 1 heterocycles. The van der Waals surface area contributed by atoms with Gasteiger partial charge in [-0.25, -0.2) is 4.98 Å². The molecule has 1 amide bonds. The summed E-state index contributed by atoms with van der Waals surface area (Å²) in [5.74, 6) is -1.18. The fraction of sp³-hybridized carbons (Fsp3) is 0.643. The summed E-state index contributed by atoms with van der Waals surface area (Å²) in [6, 6.07) is 0. The van der Waals surface area contributed by atoms with Crippen LogP contribution in [0.5, 0.6) is 0 Å². The molecule has 0 radical (unpaired) electrons. The van der Waals surface area contributed by atoms with Gasteiger partial charge in [-0.1, -0.05) is 0 Å². The average molecular weight is 296 g/mol. The standard InChI is InChI=1S/C14H20N2O3S/c1-9-8-15-12(20-9)5-6-16(2)13(17)10-3-4-11(7-10)14(18)19/h8,10-11H,3-7H2,1-2H3,(H,18,19)/t10-,11+/m1/s1. The van der Waals surface area contributed by atoms with E-state index in [1.807, 2.05) is 13.1 Å². The van der Waals surface area contributed by atoms with Gasteiger partial charge in [-0.3, -0.25) is 9.59 Å². The van der Waals surface area contributed by atoms with Crippen LogP contribution < -0.4 is 0 Å². The quantitative estimate of drug-likeness (QED) is 0.901. The summed E-state index contributed by atoms with van der Waals surface area (Å²) in [7, 11) is 1.79. The highest BCUT2D eigenvalue weighted by Crippen LogP contribution is 2.32. The Kier molecular flexibility index (Phi) is 4.75. The van der Waals surface area contributed by atoms with E-state index < -0.39 is 5.97 Å². The van der Waals surface area contributed by atoms with Crippen molar-refractivity contribution in [1.29, 1.82) is 0 Å². The van der Waals surface area contributed by atoms with Crippen LogP contribution in [0.15, 0.2) is 6.20 Å². The second kappa shape index (κ2) is 6.35. The zero-order valence-corrected chi connectivity index (χ0v) is 12.7. The minimum Gasteiger partial charge on any atom is -0.481 e. The number of carboxylic acid groups (broad SMARTS) is 1. The zero-order chi connectivity index (χ0) is 14.7. The van der Waals surface area contributed by atoms with Crippen LogP contribution in [0.3, 0.4) is 0 Å². The summed E-state index contributed by atoms with van der Waals surface area (Å²) in [4.78, 5) is 30.3. The van der Waals surface area contributed by atoms with Crippen molar-refractivity contribution in [2.24, 2.45) is 11.8 Å². The summed E-state index contributed by atoms with van der Waals surface area (Å²) in [5, 5.41) is 10.0. The van der Waals surface area contributed by atoms with Crippen molar-refractivity contribution in [3.8, 4) is 0 Å². The van der Waals surface area contributed by atoms with E-state index in [-0.39, 0.29) is 17.7 Å². The van der Waals surface area contributed by atoms with E-state index in [9.17, 15) is 9.59 Å². The Bertz CT molecular complexity index is 500. The van der Waals surface area contributed by atoms with Gasteiger partial charge in [0, 0.05) is 37.0 Å². The molecule has 1 saturated carbocycles. The second-order valence-electron chi connectivity index (χ2n) is 5.42. The maximum atomic E-state index is 12.3. The number of thiazole rings is 1. The van der Waals surface area contributed by atoms with E-state index in [1.165, 1.54) is 4.88 Å². The summed E-state index contributed by atoms with van der Waals surface area (Å²) in [6.07, 6.45) is 4.39. The molecule has 0 unspecified atom stereocenters. The number of carboxylic acids is 1. The van der Waals surface area contributed by atoms with E-state index in [1.54, 1.807) is 23.3 Å². The van der Waals surface area contributed by atoms with Crippen LogP contribution in [0.1, 0.15) is 29.1 Å². The van der Waals surface area contributed by atoms with Crippen molar-refractivity contribution in [3.05, 3.63) is 16.1 Å². The third-order valence-corrected chi connectivity index (χ3v) is 4.81. The van der Waals surface area contributed by atoms with Crippen LogP contribution in [-0.2, 0) is 16.0 Å². The molecule has 110 valence electrons. The number of hydrogen-bond acceptors (Lipinski definition) is 4. The van der Waals surface area contributed by atoms with Gasteiger partial charge in [-0.2, -0.15) is 0 Å². The van der Waals surface area contributed by atoms with Crippen LogP contribution in [-0.4, -0.2) is 40.5 Å². The monoisotopic (exact) mass is 296 g/mol. The topological polar surface area (TPSA) is 70.5 Å². The van der Waals surface area contributed by atoms with Crippen molar-refractivity contribution in [3.63, 3.8) is 0 Å². The van der Waals surface area contributed by atoms with Gasteiger partial charge in [0.15, 0.2) is 0 Å². The molecule has 1 aromatic heterocycles. The highest BCUT2D eigenvalue weighted by molar-refractivity contribution is 7.11. The number of aliphatic carboxylic acids is 1. The van der Waals surface area contributed by atoms with E-state index in [0.29, 0.717) is 25.8 Å². The van der Waals surface area contributed by atoms with Gasteiger partial charge in [-0.15, -0.1) is 11.3 Å². The van der Waals surface area contributed by atoms with Crippen molar-refractivity contribution >= 4 is 23.2 Å². The third kappa shape index (κ3) is 3.56. The lowest BCUT2D eigenvalue weighted by Crippen LogP contribution is -2.33. The first-order valence-corrected chi connectivity index (χ1v) is 7.68. The molecule has 0 saturated heterocycles. The molecule has 1 aliphatic carbocycles. The molecule has 0 aliphatic heterocycles. The van der Waals surface area contributed by atoms with Crippen LogP contribution in [0, 0.1) is 18.8 Å². The van der Waals surface area contributed by atoms with Crippen LogP contribution in [0.25, 0.3) is 0 Å². The number of nitrogens with zero attached hydrogens (tertiary/aromatic N) is 2. The van der Waals surface area contributed by atoms with Crippen molar-refractivity contribution in [2.45, 2.75) is 32.6 Å². The summed E-state index contributed by atoms with van der Waals surface area (Å²) in [6.45, 7) is 2.65. The number of likely N-dealkylation sites (N-methyl/N-ethyl adjacent to an activating group) is 1. The minimum absolute atomic E-state index is 0.0713. The Labute approximate surface area is 122 Å². The number of carbonyl (C=O) groups is 2. The predicted octanol–water partition coefficient (Wildman–Crippen LogP) is 1.95. The maximum absolute atomic E-state index is 12.3. The van der Waals surface area contributed by atoms with Gasteiger partial charge in [0.1, 0.15) is 0 Å². The lowest BCUT2D eigenvalue weighted by atomic mass is 10.0. The van der Waals surface area contributed by atoms with Crippen LogP contribution in [0.2, 0.25) is 0 Å². The van der Waals surface area contributed by atoms with E-state index in [4.69, 9.17) is 5.11 Å². The SMILES string of the molecule is Cc1cnc(CCN(C)C(=O)[C@@H]2CC[C@H](C(=O)O)C2)s1. The molecule has 0 spiro atoms. The molecule has 1 N–H and O–H groups in total. The summed E-state index contributed by atoms with van der Waals surface area (Å²) >= 11 is 1.65. The van der Waals surface area contributed by atoms with Gasteiger partial charge < -0.3 is 10.0 Å². The van der Waals surface area contributed by atoms with Gasteiger partial charge in [0.25, 0.3) is 0 Å². The minimum atomic E-state index is -0.777.